The van der Waals surface area contributed by atoms with Gasteiger partial charge in [-0.15, -0.1) is 0 Å². The molecule has 0 bridgehead atoms. The zero-order valence-electron chi connectivity index (χ0n) is 9.59. The highest BCUT2D eigenvalue weighted by Crippen LogP contribution is 2.34. The van der Waals surface area contributed by atoms with Crippen molar-refractivity contribution in [3.63, 3.8) is 0 Å². The lowest BCUT2D eigenvalue weighted by atomic mass is 9.80. The summed E-state index contributed by atoms with van der Waals surface area (Å²) in [6.07, 6.45) is 3.66. The molecule has 17 heavy (non-hydrogen) atoms. The molecule has 1 aliphatic rings. The number of fused-ring (bicyclic) bond motifs is 1. The number of carbonyl (C=O) groups is 1. The average Bonchev–Trinajstić information content (AvgIpc) is 2.37. The third-order valence-corrected chi connectivity index (χ3v) is 2.86. The number of ether oxygens (including phenoxy) is 1. The van der Waals surface area contributed by atoms with Crippen LogP contribution in [-0.4, -0.2) is 12.6 Å². The molecule has 1 aliphatic carbocycles. The lowest BCUT2D eigenvalue weighted by molar-refractivity contribution is -0.145. The number of hydrogen-bond acceptors (Lipinski definition) is 3. The lowest BCUT2D eigenvalue weighted by Crippen LogP contribution is -2.24. The molecule has 1 aromatic rings. The lowest BCUT2D eigenvalue weighted by Gasteiger charge is -2.23. The molecule has 0 amide bonds. The predicted molar refractivity (Wildman–Crippen MR) is 64.0 cm³/mol. The molecule has 0 heterocycles. The number of carbonyl (C=O) groups excluding carboxylic acids is 1. The number of hydrogen-bond donors (Lipinski definition) is 0. The predicted octanol–water partition coefficient (Wildman–Crippen LogP) is 2.50. The summed E-state index contributed by atoms with van der Waals surface area (Å²) in [5.74, 6) is -1.26. The van der Waals surface area contributed by atoms with Gasteiger partial charge >= 0.3 is 5.97 Å². The third kappa shape index (κ3) is 2.07. The Balaban J connectivity index is 2.43. The molecular formula is C14H13NO2. The van der Waals surface area contributed by atoms with E-state index < -0.39 is 11.8 Å². The second kappa shape index (κ2) is 4.84. The van der Waals surface area contributed by atoms with Crippen LogP contribution in [0.4, 0.5) is 0 Å². The van der Waals surface area contributed by atoms with E-state index in [9.17, 15) is 4.79 Å². The van der Waals surface area contributed by atoms with Crippen LogP contribution in [0.5, 0.6) is 0 Å². The first-order valence-electron chi connectivity index (χ1n) is 5.61. The number of esters is 1. The molecule has 3 heteroatoms. The second-order valence-corrected chi connectivity index (χ2v) is 3.87. The summed E-state index contributed by atoms with van der Waals surface area (Å²) >= 11 is 0. The molecule has 0 saturated heterocycles. The smallest absolute Gasteiger partial charge is 0.315 e. The molecule has 0 fully saturated rings. The minimum Gasteiger partial charge on any atom is -0.465 e. The molecule has 0 radical (unpaired) electrons. The number of rotatable bonds is 2. The van der Waals surface area contributed by atoms with Crippen LogP contribution in [0.2, 0.25) is 0 Å². The van der Waals surface area contributed by atoms with Gasteiger partial charge in [0.25, 0.3) is 0 Å². The van der Waals surface area contributed by atoms with Gasteiger partial charge in [-0.1, -0.05) is 36.4 Å². The van der Waals surface area contributed by atoms with E-state index in [4.69, 9.17) is 10.00 Å². The van der Waals surface area contributed by atoms with Gasteiger partial charge in [-0.3, -0.25) is 4.79 Å². The van der Waals surface area contributed by atoms with Crippen LogP contribution in [0.1, 0.15) is 24.0 Å². The van der Waals surface area contributed by atoms with Gasteiger partial charge in [-0.2, -0.15) is 5.26 Å². The third-order valence-electron chi connectivity index (χ3n) is 2.86. The summed E-state index contributed by atoms with van der Waals surface area (Å²) in [6, 6.07) is 9.75. The summed E-state index contributed by atoms with van der Waals surface area (Å²) in [6.45, 7) is 2.10. The number of benzene rings is 1. The van der Waals surface area contributed by atoms with E-state index in [1.807, 2.05) is 30.3 Å². The van der Waals surface area contributed by atoms with Gasteiger partial charge in [0.1, 0.15) is 5.92 Å². The molecule has 2 unspecified atom stereocenters. The van der Waals surface area contributed by atoms with Crippen molar-refractivity contribution in [3.8, 4) is 6.07 Å². The Hall–Kier alpha value is -2.08. The molecule has 0 aliphatic heterocycles. The molecule has 0 N–H and O–H groups in total. The zero-order chi connectivity index (χ0) is 12.3. The topological polar surface area (TPSA) is 50.1 Å². The summed E-state index contributed by atoms with van der Waals surface area (Å²) in [5.41, 5.74) is 1.86. The molecule has 86 valence electrons. The van der Waals surface area contributed by atoms with Crippen molar-refractivity contribution in [2.75, 3.05) is 6.61 Å². The molecule has 2 rings (SSSR count). The Morgan fingerprint density at radius 1 is 1.47 bits per heavy atom. The quantitative estimate of drug-likeness (QED) is 0.729. The van der Waals surface area contributed by atoms with Crippen LogP contribution in [0.25, 0.3) is 6.08 Å². The minimum absolute atomic E-state index is 0.323. The first kappa shape index (κ1) is 11.4. The van der Waals surface area contributed by atoms with Gasteiger partial charge in [-0.25, -0.2) is 0 Å². The van der Waals surface area contributed by atoms with E-state index >= 15 is 0 Å². The Morgan fingerprint density at radius 3 is 2.94 bits per heavy atom. The van der Waals surface area contributed by atoms with Crippen molar-refractivity contribution in [3.05, 3.63) is 41.5 Å². The number of allylic oxidation sites excluding steroid dienone is 1. The van der Waals surface area contributed by atoms with E-state index in [1.54, 1.807) is 13.0 Å². The fourth-order valence-corrected chi connectivity index (χ4v) is 2.08. The maximum Gasteiger partial charge on any atom is 0.315 e. The van der Waals surface area contributed by atoms with Gasteiger partial charge in [-0.05, 0) is 18.1 Å². The second-order valence-electron chi connectivity index (χ2n) is 3.87. The van der Waals surface area contributed by atoms with Gasteiger partial charge in [0.2, 0.25) is 0 Å². The molecule has 3 nitrogen and oxygen atoms in total. The highest BCUT2D eigenvalue weighted by molar-refractivity contribution is 5.83. The Labute approximate surface area is 100 Å². The number of nitriles is 1. The molecule has 0 saturated carbocycles. The highest BCUT2D eigenvalue weighted by atomic mass is 16.5. The SMILES string of the molecule is CCOC(=O)C1c2ccccc2C=CC1C#N. The van der Waals surface area contributed by atoms with Crippen molar-refractivity contribution in [2.45, 2.75) is 12.8 Å². The van der Waals surface area contributed by atoms with Crippen LogP contribution in [0, 0.1) is 17.2 Å². The maximum atomic E-state index is 11.9. The first-order valence-corrected chi connectivity index (χ1v) is 5.61. The van der Waals surface area contributed by atoms with Crippen molar-refractivity contribution in [1.29, 1.82) is 5.26 Å². The van der Waals surface area contributed by atoms with Crippen LogP contribution in [0.3, 0.4) is 0 Å². The van der Waals surface area contributed by atoms with E-state index in [0.29, 0.717) is 6.61 Å². The van der Waals surface area contributed by atoms with Crippen LogP contribution in [0.15, 0.2) is 30.3 Å². The minimum atomic E-state index is -0.499. The van der Waals surface area contributed by atoms with Gasteiger partial charge < -0.3 is 4.74 Å². The fourth-order valence-electron chi connectivity index (χ4n) is 2.08. The van der Waals surface area contributed by atoms with Gasteiger partial charge in [0, 0.05) is 0 Å². The Kier molecular flexibility index (Phi) is 3.24. The molecule has 2 atom stereocenters. The molecular weight excluding hydrogens is 214 g/mol. The molecule has 0 spiro atoms. The largest absolute Gasteiger partial charge is 0.465 e. The normalized spacial score (nSPS) is 21.4. The zero-order valence-corrected chi connectivity index (χ0v) is 9.59. The fraction of sp³-hybridized carbons (Fsp3) is 0.286. The maximum absolute atomic E-state index is 11.9. The van der Waals surface area contributed by atoms with Crippen molar-refractivity contribution in [1.82, 2.24) is 0 Å². The Bertz CT molecular complexity index is 499. The van der Waals surface area contributed by atoms with Crippen LogP contribution < -0.4 is 0 Å². The molecule has 1 aromatic carbocycles. The summed E-state index contributed by atoms with van der Waals surface area (Å²) in [5, 5.41) is 9.10. The highest BCUT2D eigenvalue weighted by Gasteiger charge is 2.33. The average molecular weight is 227 g/mol. The van der Waals surface area contributed by atoms with E-state index in [2.05, 4.69) is 6.07 Å². The van der Waals surface area contributed by atoms with Crippen LogP contribution in [-0.2, 0) is 9.53 Å². The van der Waals surface area contributed by atoms with E-state index in [0.717, 1.165) is 11.1 Å². The van der Waals surface area contributed by atoms with Crippen molar-refractivity contribution >= 4 is 12.0 Å². The summed E-state index contributed by atoms with van der Waals surface area (Å²) in [4.78, 5) is 11.9. The van der Waals surface area contributed by atoms with Gasteiger partial charge in [0.15, 0.2) is 0 Å². The van der Waals surface area contributed by atoms with Crippen molar-refractivity contribution < 1.29 is 9.53 Å². The Morgan fingerprint density at radius 2 is 2.24 bits per heavy atom. The first-order chi connectivity index (χ1) is 8.27. The molecule has 0 aromatic heterocycles. The standard InChI is InChI=1S/C14H13NO2/c1-2-17-14(16)13-11(9-15)8-7-10-5-3-4-6-12(10)13/h3-8,11,13H,2H2,1H3. The number of nitrogens with zero attached hydrogens (tertiary/aromatic N) is 1. The monoisotopic (exact) mass is 227 g/mol. The van der Waals surface area contributed by atoms with Crippen LogP contribution >= 0.6 is 0 Å². The van der Waals surface area contributed by atoms with E-state index in [1.165, 1.54) is 0 Å². The summed E-state index contributed by atoms with van der Waals surface area (Å²) in [7, 11) is 0. The van der Waals surface area contributed by atoms with E-state index in [-0.39, 0.29) is 5.97 Å². The van der Waals surface area contributed by atoms with Crippen molar-refractivity contribution in [2.24, 2.45) is 5.92 Å². The summed E-state index contributed by atoms with van der Waals surface area (Å²) < 4.78 is 5.05. The van der Waals surface area contributed by atoms with Gasteiger partial charge in [0.05, 0.1) is 18.6 Å².